The predicted octanol–water partition coefficient (Wildman–Crippen LogP) is 5.90. The number of carbonyl (C=O) groups excluding carboxylic acids is 1. The van der Waals surface area contributed by atoms with E-state index in [1.165, 1.54) is 22.5 Å². The maximum atomic E-state index is 12.4. The summed E-state index contributed by atoms with van der Waals surface area (Å²) in [7, 11) is 8.69. The lowest BCUT2D eigenvalue weighted by Crippen LogP contribution is -2.40. The summed E-state index contributed by atoms with van der Waals surface area (Å²) in [5.74, 6) is 0.327. The second-order valence-electron chi connectivity index (χ2n) is 9.18. The molecular formula is C27H39BrN2O+2. The van der Waals surface area contributed by atoms with Crippen molar-refractivity contribution in [3.05, 3.63) is 85.0 Å². The highest BCUT2D eigenvalue weighted by Gasteiger charge is 2.17. The molecule has 2 rings (SSSR count). The van der Waals surface area contributed by atoms with Crippen molar-refractivity contribution in [2.24, 2.45) is 0 Å². The Kier molecular flexibility index (Phi) is 10.6. The van der Waals surface area contributed by atoms with Crippen LogP contribution < -0.4 is 8.97 Å². The molecule has 168 valence electrons. The molecule has 0 aliphatic carbocycles. The number of nitrogens with zero attached hydrogens (tertiary/aromatic N) is 2. The van der Waals surface area contributed by atoms with Crippen LogP contribution in [0.2, 0.25) is 0 Å². The molecule has 0 saturated heterocycles. The van der Waals surface area contributed by atoms with Gasteiger partial charge in [0, 0.05) is 12.8 Å². The standard InChI is InChI=1S/C27H38N2O.BrH/c1-7-21-28(3,4)25-15-9-23(10-16-25)13-19-27(30)20-14-24-11-17-26(18-12-24)29(5,6)22-8-2;/h7-12,15-18H,1-2,13-14,19-22H2,3-6H3;1H/q+2;. The third-order valence-corrected chi connectivity index (χ3v) is 5.83. The third kappa shape index (κ3) is 8.21. The van der Waals surface area contributed by atoms with Crippen LogP contribution in [0.5, 0.6) is 0 Å². The largest absolute Gasteiger partial charge is 0.300 e. The van der Waals surface area contributed by atoms with Crippen LogP contribution >= 0.6 is 17.0 Å². The van der Waals surface area contributed by atoms with Crippen molar-refractivity contribution >= 4 is 34.1 Å². The molecule has 0 fully saturated rings. The first-order valence-corrected chi connectivity index (χ1v) is 10.8. The molecule has 0 spiro atoms. The molecule has 0 aliphatic rings. The number of quaternary nitrogens is 2. The van der Waals surface area contributed by atoms with Crippen LogP contribution in [0, 0.1) is 0 Å². The zero-order chi connectivity index (χ0) is 22.2. The first-order valence-electron chi connectivity index (χ1n) is 10.8. The Bertz CT molecular complexity index is 780. The van der Waals surface area contributed by atoms with Crippen molar-refractivity contribution in [1.82, 2.24) is 8.97 Å². The van der Waals surface area contributed by atoms with Crippen LogP contribution in [-0.2, 0) is 17.6 Å². The lowest BCUT2D eigenvalue weighted by Gasteiger charge is -2.28. The molecule has 0 amide bonds. The molecule has 31 heavy (non-hydrogen) atoms. The first kappa shape index (κ1) is 27.0. The Hall–Kier alpha value is -2.01. The molecule has 0 aromatic heterocycles. The molecule has 0 atom stereocenters. The molecule has 0 saturated carbocycles. The van der Waals surface area contributed by atoms with Gasteiger partial charge in [0.15, 0.2) is 0 Å². The highest BCUT2D eigenvalue weighted by Crippen LogP contribution is 2.21. The number of halogens is 1. The zero-order valence-corrected chi connectivity index (χ0v) is 21.4. The summed E-state index contributed by atoms with van der Waals surface area (Å²) >= 11 is 0. The Morgan fingerprint density at radius 2 is 1.03 bits per heavy atom. The second kappa shape index (κ2) is 12.1. The molecule has 0 unspecified atom stereocenters. The van der Waals surface area contributed by atoms with Gasteiger partial charge >= 0.3 is 0 Å². The monoisotopic (exact) mass is 486 g/mol. The van der Waals surface area contributed by atoms with Crippen molar-refractivity contribution < 1.29 is 4.79 Å². The first-order chi connectivity index (χ1) is 14.2. The number of hydrogen-bond acceptors (Lipinski definition) is 1. The summed E-state index contributed by atoms with van der Waals surface area (Å²) in [6.07, 6.45) is 6.71. The fourth-order valence-corrected chi connectivity index (χ4v) is 3.68. The molecule has 0 N–H and O–H groups in total. The summed E-state index contributed by atoms with van der Waals surface area (Å²) in [5.41, 5.74) is 4.95. The number of carbonyl (C=O) groups is 1. The Labute approximate surface area is 199 Å². The predicted molar refractivity (Wildman–Crippen MR) is 142 cm³/mol. The van der Waals surface area contributed by atoms with Crippen LogP contribution in [0.3, 0.4) is 0 Å². The minimum Gasteiger partial charge on any atom is -0.300 e. The summed E-state index contributed by atoms with van der Waals surface area (Å²) in [4.78, 5) is 12.4. The van der Waals surface area contributed by atoms with E-state index < -0.39 is 0 Å². The average molecular weight is 488 g/mol. The number of hydrogen-bond donors (Lipinski definition) is 0. The molecule has 0 bridgehead atoms. The van der Waals surface area contributed by atoms with E-state index in [2.05, 4.69) is 89.9 Å². The molecule has 2 aromatic carbocycles. The summed E-state index contributed by atoms with van der Waals surface area (Å²) in [6, 6.07) is 17.2. The van der Waals surface area contributed by atoms with Crippen LogP contribution in [0.25, 0.3) is 0 Å². The van der Waals surface area contributed by atoms with Gasteiger partial charge in [0.2, 0.25) is 0 Å². The summed E-state index contributed by atoms with van der Waals surface area (Å²) in [6.45, 7) is 9.47. The van der Waals surface area contributed by atoms with E-state index in [4.69, 9.17) is 0 Å². The number of ketones is 1. The van der Waals surface area contributed by atoms with Gasteiger partial charge in [-0.05, 0) is 60.4 Å². The van der Waals surface area contributed by atoms with Crippen LogP contribution in [0.4, 0.5) is 11.4 Å². The van der Waals surface area contributed by atoms with Gasteiger partial charge in [-0.3, -0.25) is 13.8 Å². The van der Waals surface area contributed by atoms with E-state index in [1.54, 1.807) is 0 Å². The molecule has 0 aliphatic heterocycles. The second-order valence-corrected chi connectivity index (χ2v) is 9.18. The molecule has 3 nitrogen and oxygen atoms in total. The normalized spacial score (nSPS) is 11.5. The minimum atomic E-state index is 0. The molecule has 0 heterocycles. The van der Waals surface area contributed by atoms with Gasteiger partial charge in [-0.25, -0.2) is 0 Å². The molecule has 0 radical (unpaired) electrons. The summed E-state index contributed by atoms with van der Waals surface area (Å²) < 4.78 is 1.57. The highest BCUT2D eigenvalue weighted by atomic mass is 79.9. The van der Waals surface area contributed by atoms with E-state index >= 15 is 0 Å². The lowest BCUT2D eigenvalue weighted by molar-refractivity contribution is -0.119. The van der Waals surface area contributed by atoms with E-state index in [1.807, 2.05) is 12.2 Å². The van der Waals surface area contributed by atoms with Crippen molar-refractivity contribution in [1.29, 1.82) is 0 Å². The number of rotatable bonds is 12. The van der Waals surface area contributed by atoms with Gasteiger partial charge < -0.3 is 0 Å². The van der Waals surface area contributed by atoms with Gasteiger partial charge in [-0.1, -0.05) is 37.4 Å². The number of Topliss-reactive ketones (excluding diaryl/α,β-unsaturated/α-hetero) is 1. The van der Waals surface area contributed by atoms with E-state index in [9.17, 15) is 4.79 Å². The van der Waals surface area contributed by atoms with Crippen molar-refractivity contribution in [3.8, 4) is 0 Å². The quantitative estimate of drug-likeness (QED) is 0.269. The molecule has 4 heteroatoms. The van der Waals surface area contributed by atoms with Gasteiger partial charge in [-0.2, -0.15) is 0 Å². The summed E-state index contributed by atoms with van der Waals surface area (Å²) in [5, 5.41) is 0. The maximum Gasteiger partial charge on any atom is 0.133 e. The van der Waals surface area contributed by atoms with Gasteiger partial charge in [0.25, 0.3) is 0 Å². The minimum absolute atomic E-state index is 0. The van der Waals surface area contributed by atoms with Crippen LogP contribution in [0.15, 0.2) is 73.8 Å². The van der Waals surface area contributed by atoms with E-state index in [0.717, 1.165) is 34.9 Å². The Morgan fingerprint density at radius 1 is 0.710 bits per heavy atom. The smallest absolute Gasteiger partial charge is 0.133 e. The van der Waals surface area contributed by atoms with Crippen LogP contribution in [0.1, 0.15) is 24.0 Å². The van der Waals surface area contributed by atoms with Crippen molar-refractivity contribution in [2.45, 2.75) is 25.7 Å². The van der Waals surface area contributed by atoms with E-state index in [-0.39, 0.29) is 17.0 Å². The van der Waals surface area contributed by atoms with Crippen molar-refractivity contribution in [3.63, 3.8) is 0 Å². The van der Waals surface area contributed by atoms with Crippen molar-refractivity contribution in [2.75, 3.05) is 41.3 Å². The maximum absolute atomic E-state index is 12.4. The SMILES string of the molecule is Br.C=CC[N+](C)(C)c1ccc(CCC(=O)CCc2ccc([N+](C)(C)CC=C)cc2)cc1. The fraction of sp³-hybridized carbons (Fsp3) is 0.370. The van der Waals surface area contributed by atoms with Gasteiger partial charge in [-0.15, -0.1) is 17.0 Å². The number of aryl methyl sites for hydroxylation is 2. The molecular weight excluding hydrogens is 448 g/mol. The number of benzene rings is 2. The number of likely N-dealkylation sites (N-methyl/N-ethyl adjacent to an activating group) is 2. The highest BCUT2D eigenvalue weighted by molar-refractivity contribution is 8.93. The lowest BCUT2D eigenvalue weighted by atomic mass is 10.0. The fourth-order valence-electron chi connectivity index (χ4n) is 3.68. The Balaban J connectivity index is 0.00000480. The topological polar surface area (TPSA) is 17.1 Å². The zero-order valence-electron chi connectivity index (χ0n) is 19.6. The third-order valence-electron chi connectivity index (χ3n) is 5.83. The molecule has 2 aromatic rings. The van der Waals surface area contributed by atoms with Crippen LogP contribution in [-0.4, -0.2) is 47.1 Å². The average Bonchev–Trinajstić information content (AvgIpc) is 2.71. The van der Waals surface area contributed by atoms with Gasteiger partial charge in [0.1, 0.15) is 30.2 Å². The Morgan fingerprint density at radius 3 is 1.32 bits per heavy atom. The van der Waals surface area contributed by atoms with Gasteiger partial charge in [0.05, 0.1) is 28.2 Å². The van der Waals surface area contributed by atoms with E-state index in [0.29, 0.717) is 18.6 Å².